The van der Waals surface area contributed by atoms with Gasteiger partial charge < -0.3 is 0 Å². The Hall–Kier alpha value is -2.10. The second-order valence-corrected chi connectivity index (χ2v) is 7.18. The van der Waals surface area contributed by atoms with Crippen LogP contribution in [0.4, 0.5) is 18.0 Å². The van der Waals surface area contributed by atoms with Gasteiger partial charge in [-0.1, -0.05) is 12.1 Å². The topological polar surface area (TPSA) is 78.8 Å². The van der Waals surface area contributed by atoms with E-state index in [4.69, 9.17) is 0 Å². The smallest absolute Gasteiger partial charge is 0.245 e. The lowest BCUT2D eigenvalue weighted by Gasteiger charge is -2.28. The third-order valence-electron chi connectivity index (χ3n) is 3.26. The monoisotopic (exact) mass is 349 g/mol. The minimum absolute atomic E-state index is 0.402. The fourth-order valence-electron chi connectivity index (χ4n) is 2.06. The minimum atomic E-state index is -4.86. The number of alkyl halides is 3. The fraction of sp³-hybridized carbons (Fsp3) is 0.385. The highest BCUT2D eigenvalue weighted by Gasteiger charge is 2.40. The van der Waals surface area contributed by atoms with Gasteiger partial charge >= 0.3 is 12.2 Å². The molecule has 2 amide bonds. The first-order chi connectivity index (χ1) is 10.5. The van der Waals surface area contributed by atoms with Crippen LogP contribution < -0.4 is 4.72 Å². The van der Waals surface area contributed by atoms with Crippen molar-refractivity contribution in [2.24, 2.45) is 5.10 Å². The Balaban J connectivity index is 2.34. The number of hydrogen-bond acceptors (Lipinski definition) is 4. The summed E-state index contributed by atoms with van der Waals surface area (Å²) in [4.78, 5) is 11.0. The van der Waals surface area contributed by atoms with Crippen molar-refractivity contribution in [3.05, 3.63) is 29.8 Å². The highest BCUT2D eigenvalue weighted by molar-refractivity contribution is 7.90. The fourth-order valence-corrected chi connectivity index (χ4v) is 3.22. The Morgan fingerprint density at radius 3 is 2.43 bits per heavy atom. The number of halogens is 3. The molecular formula is C13H14F3N3O3S. The average molecular weight is 349 g/mol. The molecule has 6 nitrogen and oxygen atoms in total. The second-order valence-electron chi connectivity index (χ2n) is 5.53. The van der Waals surface area contributed by atoms with E-state index in [-0.39, 0.29) is 0 Å². The number of rotatable bonds is 2. The lowest BCUT2D eigenvalue weighted by atomic mass is 10.0. The van der Waals surface area contributed by atoms with Gasteiger partial charge in [-0.05, 0) is 26.0 Å². The Morgan fingerprint density at radius 1 is 1.30 bits per heavy atom. The van der Waals surface area contributed by atoms with Gasteiger partial charge in [0.25, 0.3) is 10.0 Å². The summed E-state index contributed by atoms with van der Waals surface area (Å²) in [6.07, 6.45) is -3.03. The molecule has 0 aliphatic carbocycles. The van der Waals surface area contributed by atoms with Crippen molar-refractivity contribution in [1.82, 2.24) is 9.73 Å². The first-order valence-corrected chi connectivity index (χ1v) is 7.99. The number of amides is 2. The predicted octanol–water partition coefficient (Wildman–Crippen LogP) is 2.57. The number of nitrogens with one attached hydrogen (secondary N) is 1. The van der Waals surface area contributed by atoms with Gasteiger partial charge in [0, 0.05) is 12.6 Å². The summed E-state index contributed by atoms with van der Waals surface area (Å²) in [5.41, 5.74) is -2.10. The molecule has 1 N–H and O–H groups in total. The molecule has 1 aliphatic heterocycles. The van der Waals surface area contributed by atoms with Crippen LogP contribution >= 0.6 is 0 Å². The zero-order valence-electron chi connectivity index (χ0n) is 12.3. The number of benzene rings is 1. The number of carbonyl (C=O) groups excluding carboxylic acids is 1. The Morgan fingerprint density at radius 2 is 1.91 bits per heavy atom. The van der Waals surface area contributed by atoms with Gasteiger partial charge in [-0.15, -0.1) is 0 Å². The number of hydrogen-bond donors (Lipinski definition) is 1. The predicted molar refractivity (Wildman–Crippen MR) is 76.2 cm³/mol. The van der Waals surface area contributed by atoms with Crippen molar-refractivity contribution in [3.63, 3.8) is 0 Å². The molecule has 0 fully saturated rings. The van der Waals surface area contributed by atoms with Crippen molar-refractivity contribution in [1.29, 1.82) is 0 Å². The van der Waals surface area contributed by atoms with Crippen molar-refractivity contribution >= 4 is 22.3 Å². The van der Waals surface area contributed by atoms with E-state index in [1.165, 1.54) is 6.21 Å². The number of nitrogens with zero attached hydrogens (tertiary/aromatic N) is 2. The molecule has 2 rings (SSSR count). The SMILES string of the molecule is CC1(C)CC=NN1C(=O)NS(=O)(=O)c1ccccc1C(F)(F)F. The molecule has 0 saturated carbocycles. The molecular weight excluding hydrogens is 335 g/mol. The van der Waals surface area contributed by atoms with Gasteiger partial charge in [0.15, 0.2) is 0 Å². The molecule has 23 heavy (non-hydrogen) atoms. The number of hydrazone groups is 1. The molecule has 0 radical (unpaired) electrons. The number of carbonyl (C=O) groups is 1. The van der Waals surface area contributed by atoms with Gasteiger partial charge in [-0.2, -0.15) is 18.3 Å². The van der Waals surface area contributed by atoms with Crippen LogP contribution in [0.2, 0.25) is 0 Å². The molecule has 0 bridgehead atoms. The summed E-state index contributed by atoms with van der Waals surface area (Å²) in [6.45, 7) is 3.30. The van der Waals surface area contributed by atoms with Gasteiger partial charge in [-0.25, -0.2) is 22.9 Å². The zero-order valence-corrected chi connectivity index (χ0v) is 13.1. The summed E-state index contributed by atoms with van der Waals surface area (Å²) in [7, 11) is -4.70. The lowest BCUT2D eigenvalue weighted by Crippen LogP contribution is -2.48. The first kappa shape index (κ1) is 17.3. The molecule has 0 aromatic heterocycles. The van der Waals surface area contributed by atoms with Crippen LogP contribution in [0.15, 0.2) is 34.3 Å². The molecule has 0 unspecified atom stereocenters. The summed E-state index contributed by atoms with van der Waals surface area (Å²) in [6, 6.07) is 2.53. The molecule has 0 saturated heterocycles. The van der Waals surface area contributed by atoms with E-state index in [9.17, 15) is 26.4 Å². The van der Waals surface area contributed by atoms with Crippen molar-refractivity contribution < 1.29 is 26.4 Å². The van der Waals surface area contributed by atoms with Crippen LogP contribution in [0.5, 0.6) is 0 Å². The summed E-state index contributed by atoms with van der Waals surface area (Å²) >= 11 is 0. The van der Waals surface area contributed by atoms with E-state index in [0.29, 0.717) is 12.5 Å². The van der Waals surface area contributed by atoms with Gasteiger partial charge in [0.2, 0.25) is 0 Å². The number of sulfonamides is 1. The van der Waals surface area contributed by atoms with E-state index in [1.54, 1.807) is 18.6 Å². The van der Waals surface area contributed by atoms with Crippen LogP contribution in [-0.4, -0.2) is 31.2 Å². The van der Waals surface area contributed by atoms with E-state index in [0.717, 1.165) is 23.2 Å². The average Bonchev–Trinajstić information content (AvgIpc) is 2.77. The quantitative estimate of drug-likeness (QED) is 0.891. The van der Waals surface area contributed by atoms with E-state index >= 15 is 0 Å². The highest BCUT2D eigenvalue weighted by atomic mass is 32.2. The summed E-state index contributed by atoms with van der Waals surface area (Å²) < 4.78 is 64.7. The Labute approximate surface area is 131 Å². The van der Waals surface area contributed by atoms with Gasteiger partial charge in [-0.3, -0.25) is 0 Å². The standard InChI is InChI=1S/C13H14F3N3O3S/c1-12(2)7-8-17-19(12)11(20)18-23(21,22)10-6-4-3-5-9(10)13(14,15)16/h3-6,8H,7H2,1-2H3,(H,18,20). The minimum Gasteiger partial charge on any atom is -0.245 e. The van der Waals surface area contributed by atoms with Crippen molar-refractivity contribution in [2.45, 2.75) is 36.9 Å². The highest BCUT2D eigenvalue weighted by Crippen LogP contribution is 2.34. The van der Waals surface area contributed by atoms with E-state index < -0.39 is 38.2 Å². The van der Waals surface area contributed by atoms with Crippen molar-refractivity contribution in [3.8, 4) is 0 Å². The van der Waals surface area contributed by atoms with Crippen LogP contribution in [-0.2, 0) is 16.2 Å². The zero-order chi connectivity index (χ0) is 17.5. The maximum absolute atomic E-state index is 12.9. The first-order valence-electron chi connectivity index (χ1n) is 6.51. The van der Waals surface area contributed by atoms with Crippen molar-refractivity contribution in [2.75, 3.05) is 0 Å². The van der Waals surface area contributed by atoms with Crippen LogP contribution in [0.25, 0.3) is 0 Å². The molecule has 0 spiro atoms. The summed E-state index contributed by atoms with van der Waals surface area (Å²) in [5, 5.41) is 4.64. The maximum Gasteiger partial charge on any atom is 0.417 e. The third kappa shape index (κ3) is 3.46. The Bertz CT molecular complexity index is 757. The van der Waals surface area contributed by atoms with E-state index in [1.807, 2.05) is 0 Å². The normalized spacial score (nSPS) is 17.3. The Kier molecular flexibility index (Phi) is 4.14. The van der Waals surface area contributed by atoms with Gasteiger partial charge in [0.05, 0.1) is 16.0 Å². The van der Waals surface area contributed by atoms with Gasteiger partial charge in [0.1, 0.15) is 0 Å². The molecule has 1 heterocycles. The molecule has 1 aromatic carbocycles. The molecule has 1 aliphatic rings. The molecule has 10 heteroatoms. The third-order valence-corrected chi connectivity index (χ3v) is 4.64. The largest absolute Gasteiger partial charge is 0.417 e. The van der Waals surface area contributed by atoms with Crippen LogP contribution in [0.3, 0.4) is 0 Å². The molecule has 0 atom stereocenters. The maximum atomic E-state index is 12.9. The molecule has 1 aromatic rings. The van der Waals surface area contributed by atoms with Crippen LogP contribution in [0.1, 0.15) is 25.8 Å². The second kappa shape index (κ2) is 5.52. The van der Waals surface area contributed by atoms with Crippen LogP contribution in [0, 0.1) is 0 Å². The lowest BCUT2D eigenvalue weighted by molar-refractivity contribution is -0.139. The van der Waals surface area contributed by atoms with E-state index in [2.05, 4.69) is 5.10 Å². The number of urea groups is 1. The summed E-state index contributed by atoms with van der Waals surface area (Å²) in [5.74, 6) is 0. The molecule has 126 valence electrons.